The molecule has 0 unspecified atom stereocenters. The smallest absolute Gasteiger partial charge is 0.230 e. The number of carbonyl (C=O) groups is 1. The highest BCUT2D eigenvalue weighted by molar-refractivity contribution is 5.80. The lowest BCUT2D eigenvalue weighted by Gasteiger charge is -2.32. The van der Waals surface area contributed by atoms with Crippen LogP contribution in [-0.2, 0) is 11.3 Å². The molecular weight excluding hydrogens is 338 g/mol. The maximum atomic E-state index is 13.5. The molecule has 5 rings (SSSR count). The van der Waals surface area contributed by atoms with Crippen LogP contribution >= 0.6 is 0 Å². The second-order valence-corrected chi connectivity index (χ2v) is 8.49. The molecule has 2 bridgehead atoms. The first kappa shape index (κ1) is 17.0. The summed E-state index contributed by atoms with van der Waals surface area (Å²) in [6, 6.07) is 10.3. The Morgan fingerprint density at radius 1 is 1.15 bits per heavy atom. The van der Waals surface area contributed by atoms with E-state index in [1.54, 1.807) is 0 Å². The summed E-state index contributed by atoms with van der Waals surface area (Å²) >= 11 is 0. The van der Waals surface area contributed by atoms with Crippen molar-refractivity contribution in [3.63, 3.8) is 0 Å². The number of amides is 1. The van der Waals surface area contributed by atoms with Gasteiger partial charge in [-0.3, -0.25) is 4.79 Å². The highest BCUT2D eigenvalue weighted by Crippen LogP contribution is 2.57. The predicted octanol–water partition coefficient (Wildman–Crippen LogP) is 4.13. The molecule has 0 N–H and O–H groups in total. The van der Waals surface area contributed by atoms with Gasteiger partial charge in [-0.05, 0) is 56.4 Å². The van der Waals surface area contributed by atoms with Crippen molar-refractivity contribution in [2.24, 2.45) is 17.8 Å². The number of hydrogen-bond donors (Lipinski definition) is 0. The Labute approximate surface area is 160 Å². The summed E-state index contributed by atoms with van der Waals surface area (Å²) in [7, 11) is 0. The SMILES string of the molecule is CCN(Cc1ccccc1)C(=O)[C@H]1[C@H]2CC[C@H](C2)[C@@H]1c1nc(C2CC2)no1. The van der Waals surface area contributed by atoms with E-state index in [9.17, 15) is 4.79 Å². The van der Waals surface area contributed by atoms with Crippen molar-refractivity contribution in [1.29, 1.82) is 0 Å². The summed E-state index contributed by atoms with van der Waals surface area (Å²) in [5, 5.41) is 4.22. The van der Waals surface area contributed by atoms with E-state index >= 15 is 0 Å². The number of hydrogen-bond acceptors (Lipinski definition) is 4. The molecule has 3 aliphatic carbocycles. The Balaban J connectivity index is 1.39. The van der Waals surface area contributed by atoms with Crippen molar-refractivity contribution in [2.45, 2.75) is 57.4 Å². The Kier molecular flexibility index (Phi) is 4.25. The van der Waals surface area contributed by atoms with Gasteiger partial charge in [0, 0.05) is 19.0 Å². The second-order valence-electron chi connectivity index (χ2n) is 8.49. The van der Waals surface area contributed by atoms with Crippen LogP contribution in [0.25, 0.3) is 0 Å². The van der Waals surface area contributed by atoms with Gasteiger partial charge in [-0.15, -0.1) is 0 Å². The zero-order chi connectivity index (χ0) is 18.4. The quantitative estimate of drug-likeness (QED) is 0.772. The van der Waals surface area contributed by atoms with Gasteiger partial charge in [-0.25, -0.2) is 0 Å². The minimum Gasteiger partial charge on any atom is -0.339 e. The first-order valence-electron chi connectivity index (χ1n) is 10.4. The van der Waals surface area contributed by atoms with Crippen LogP contribution in [0.3, 0.4) is 0 Å². The van der Waals surface area contributed by atoms with Crippen molar-refractivity contribution in [1.82, 2.24) is 15.0 Å². The summed E-state index contributed by atoms with van der Waals surface area (Å²) in [6.07, 6.45) is 5.80. The Bertz CT molecular complexity index is 814. The average molecular weight is 365 g/mol. The lowest BCUT2D eigenvalue weighted by molar-refractivity contribution is -0.138. The van der Waals surface area contributed by atoms with Gasteiger partial charge in [-0.2, -0.15) is 4.98 Å². The molecule has 1 aromatic carbocycles. The first-order valence-corrected chi connectivity index (χ1v) is 10.4. The third-order valence-corrected chi connectivity index (χ3v) is 6.80. The molecule has 1 heterocycles. The van der Waals surface area contributed by atoms with Crippen LogP contribution in [0, 0.1) is 17.8 Å². The standard InChI is InChI=1S/C22H27N3O2/c1-2-25(13-14-6-4-3-5-7-14)22(26)19-17-11-10-16(12-17)18(19)21-23-20(24-27-21)15-8-9-15/h3-7,15-19H,2,8-13H2,1H3/t16-,17+,18+,19+/m1/s1. The Morgan fingerprint density at radius 3 is 2.67 bits per heavy atom. The van der Waals surface area contributed by atoms with Gasteiger partial charge in [0.15, 0.2) is 5.82 Å². The molecule has 0 spiro atoms. The summed E-state index contributed by atoms with van der Waals surface area (Å²) < 4.78 is 5.68. The largest absolute Gasteiger partial charge is 0.339 e. The summed E-state index contributed by atoms with van der Waals surface area (Å²) in [5.41, 5.74) is 1.18. The van der Waals surface area contributed by atoms with E-state index in [-0.39, 0.29) is 17.7 Å². The normalized spacial score (nSPS) is 29.2. The number of nitrogens with zero attached hydrogens (tertiary/aromatic N) is 3. The molecule has 0 radical (unpaired) electrons. The van der Waals surface area contributed by atoms with Crippen LogP contribution in [0.15, 0.2) is 34.9 Å². The first-order chi connectivity index (χ1) is 13.2. The van der Waals surface area contributed by atoms with Gasteiger partial charge < -0.3 is 9.42 Å². The predicted molar refractivity (Wildman–Crippen MR) is 101 cm³/mol. The van der Waals surface area contributed by atoms with Crippen molar-refractivity contribution < 1.29 is 9.32 Å². The Morgan fingerprint density at radius 2 is 1.93 bits per heavy atom. The van der Waals surface area contributed by atoms with E-state index in [1.165, 1.54) is 24.8 Å². The van der Waals surface area contributed by atoms with Crippen molar-refractivity contribution in [3.8, 4) is 0 Å². The van der Waals surface area contributed by atoms with E-state index in [2.05, 4.69) is 24.2 Å². The molecule has 27 heavy (non-hydrogen) atoms. The maximum Gasteiger partial charge on any atom is 0.230 e. The fourth-order valence-electron chi connectivity index (χ4n) is 5.25. The molecule has 4 atom stereocenters. The van der Waals surface area contributed by atoms with Gasteiger partial charge in [0.25, 0.3) is 0 Å². The van der Waals surface area contributed by atoms with E-state index in [0.29, 0.717) is 24.3 Å². The molecule has 142 valence electrons. The van der Waals surface area contributed by atoms with Gasteiger partial charge >= 0.3 is 0 Å². The number of benzene rings is 1. The number of rotatable bonds is 6. The lowest BCUT2D eigenvalue weighted by atomic mass is 9.78. The van der Waals surface area contributed by atoms with Gasteiger partial charge in [0.05, 0.1) is 11.8 Å². The van der Waals surface area contributed by atoms with Crippen molar-refractivity contribution >= 4 is 5.91 Å². The van der Waals surface area contributed by atoms with Crippen molar-refractivity contribution in [2.75, 3.05) is 6.54 Å². The highest BCUT2D eigenvalue weighted by atomic mass is 16.5. The van der Waals surface area contributed by atoms with E-state index in [4.69, 9.17) is 9.51 Å². The number of fused-ring (bicyclic) bond motifs is 2. The van der Waals surface area contributed by atoms with Crippen molar-refractivity contribution in [3.05, 3.63) is 47.6 Å². The zero-order valence-electron chi connectivity index (χ0n) is 15.9. The molecule has 2 aromatic rings. The van der Waals surface area contributed by atoms with Crippen LogP contribution in [0.1, 0.15) is 68.1 Å². The van der Waals surface area contributed by atoms with Gasteiger partial charge in [0.1, 0.15) is 0 Å². The average Bonchev–Trinajstić information content (AvgIpc) is 3.12. The van der Waals surface area contributed by atoms with E-state index < -0.39 is 0 Å². The van der Waals surface area contributed by atoms with Crippen LogP contribution in [0.5, 0.6) is 0 Å². The van der Waals surface area contributed by atoms with Crippen LogP contribution in [0.2, 0.25) is 0 Å². The summed E-state index contributed by atoms with van der Waals surface area (Å²) in [6.45, 7) is 3.47. The molecular formula is C22H27N3O2. The number of aromatic nitrogens is 2. The second kappa shape index (κ2) is 6.77. The molecule has 0 aliphatic heterocycles. The molecule has 1 aromatic heterocycles. The third-order valence-electron chi connectivity index (χ3n) is 6.80. The fraction of sp³-hybridized carbons (Fsp3) is 0.591. The topological polar surface area (TPSA) is 59.2 Å². The van der Waals surface area contributed by atoms with E-state index in [1.807, 2.05) is 23.1 Å². The zero-order valence-corrected chi connectivity index (χ0v) is 15.9. The third kappa shape index (κ3) is 3.07. The monoisotopic (exact) mass is 365 g/mol. The molecule has 3 aliphatic rings. The van der Waals surface area contributed by atoms with Crippen LogP contribution in [0.4, 0.5) is 0 Å². The molecule has 3 fully saturated rings. The molecule has 5 heteroatoms. The molecule has 1 amide bonds. The van der Waals surface area contributed by atoms with Gasteiger partial charge in [-0.1, -0.05) is 35.5 Å². The summed E-state index contributed by atoms with van der Waals surface area (Å²) in [4.78, 5) is 20.3. The van der Waals surface area contributed by atoms with E-state index in [0.717, 1.165) is 31.1 Å². The molecule has 5 nitrogen and oxygen atoms in total. The summed E-state index contributed by atoms with van der Waals surface area (Å²) in [5.74, 6) is 3.43. The highest BCUT2D eigenvalue weighted by Gasteiger charge is 2.54. The van der Waals surface area contributed by atoms with Crippen LogP contribution in [-0.4, -0.2) is 27.5 Å². The minimum atomic E-state index is -0.0000784. The fourth-order valence-corrected chi connectivity index (χ4v) is 5.25. The number of carbonyl (C=O) groups excluding carboxylic acids is 1. The minimum absolute atomic E-state index is 0.0000784. The Hall–Kier alpha value is -2.17. The molecule has 0 saturated heterocycles. The maximum absolute atomic E-state index is 13.5. The molecule has 3 saturated carbocycles. The van der Waals surface area contributed by atoms with Crippen LogP contribution < -0.4 is 0 Å². The van der Waals surface area contributed by atoms with Gasteiger partial charge in [0.2, 0.25) is 11.8 Å². The lowest BCUT2D eigenvalue weighted by Crippen LogP contribution is -2.40.